The quantitative estimate of drug-likeness (QED) is 0.406. The average molecular weight is 317 g/mol. The van der Waals surface area contributed by atoms with Gasteiger partial charge in [0, 0.05) is 27.5 Å². The van der Waals surface area contributed by atoms with E-state index in [1.165, 1.54) is 25.4 Å². The molecule has 0 fully saturated rings. The lowest BCUT2D eigenvalue weighted by Gasteiger charge is -2.01. The average Bonchev–Trinajstić information content (AvgIpc) is 3.02. The van der Waals surface area contributed by atoms with Crippen molar-refractivity contribution in [2.45, 2.75) is 0 Å². The smallest absolute Gasteiger partial charge is 0.187 e. The summed E-state index contributed by atoms with van der Waals surface area (Å²) in [5.74, 6) is 0.893. The van der Waals surface area contributed by atoms with Crippen molar-refractivity contribution in [2.75, 3.05) is 7.11 Å². The van der Waals surface area contributed by atoms with Crippen LogP contribution in [0.4, 0.5) is 0 Å². The van der Waals surface area contributed by atoms with Crippen LogP contribution in [-0.2, 0) is 0 Å². The minimum atomic E-state index is -0.0427. The number of thiophene rings is 1. The molecule has 0 spiro atoms. The Kier molecular flexibility index (Phi) is 3.60. The van der Waals surface area contributed by atoms with E-state index in [1.54, 1.807) is 7.11 Å². The van der Waals surface area contributed by atoms with Crippen LogP contribution in [0, 0.1) is 0 Å². The molecule has 112 valence electrons. The molecular formula is C21H17OS+. The molecule has 0 N–H and O–H groups in total. The zero-order chi connectivity index (χ0) is 15.6. The molecule has 2 heteroatoms. The van der Waals surface area contributed by atoms with Gasteiger partial charge in [-0.15, -0.1) is 0 Å². The van der Waals surface area contributed by atoms with Crippen molar-refractivity contribution in [3.63, 3.8) is 0 Å². The Morgan fingerprint density at radius 1 is 0.739 bits per heavy atom. The zero-order valence-electron chi connectivity index (χ0n) is 12.9. The second-order valence-electron chi connectivity index (χ2n) is 5.39. The van der Waals surface area contributed by atoms with Gasteiger partial charge in [0.15, 0.2) is 14.5 Å². The van der Waals surface area contributed by atoms with Crippen molar-refractivity contribution < 1.29 is 4.74 Å². The third-order valence-electron chi connectivity index (χ3n) is 4.00. The summed E-state index contributed by atoms with van der Waals surface area (Å²) in [6, 6.07) is 30.2. The number of fused-ring (bicyclic) bond motifs is 1. The van der Waals surface area contributed by atoms with Gasteiger partial charge in [0.25, 0.3) is 0 Å². The summed E-state index contributed by atoms with van der Waals surface area (Å²) in [5, 5.41) is 1.32. The lowest BCUT2D eigenvalue weighted by Crippen LogP contribution is -1.82. The first-order chi connectivity index (χ1) is 11.4. The molecule has 0 aliphatic heterocycles. The summed E-state index contributed by atoms with van der Waals surface area (Å²) in [4.78, 5) is 2.74. The Hall–Kier alpha value is -2.58. The summed E-state index contributed by atoms with van der Waals surface area (Å²) >= 11 is 0. The van der Waals surface area contributed by atoms with E-state index in [1.807, 2.05) is 12.1 Å². The summed E-state index contributed by atoms with van der Waals surface area (Å²) < 4.78 is 6.69. The highest BCUT2D eigenvalue weighted by Gasteiger charge is 2.24. The van der Waals surface area contributed by atoms with Crippen molar-refractivity contribution in [2.24, 2.45) is 0 Å². The highest BCUT2D eigenvalue weighted by Crippen LogP contribution is 2.48. The van der Waals surface area contributed by atoms with E-state index in [0.29, 0.717) is 0 Å². The van der Waals surface area contributed by atoms with E-state index in [0.717, 1.165) is 5.75 Å². The van der Waals surface area contributed by atoms with Crippen molar-refractivity contribution >= 4 is 20.6 Å². The third kappa shape index (κ3) is 2.51. The van der Waals surface area contributed by atoms with Crippen LogP contribution in [0.2, 0.25) is 0 Å². The Bertz CT molecular complexity index is 937. The van der Waals surface area contributed by atoms with Crippen LogP contribution in [0.25, 0.3) is 25.4 Å². The van der Waals surface area contributed by atoms with Gasteiger partial charge in [-0.3, -0.25) is 0 Å². The monoisotopic (exact) mass is 317 g/mol. The van der Waals surface area contributed by atoms with Crippen LogP contribution in [0.5, 0.6) is 5.75 Å². The maximum atomic E-state index is 5.29. The number of ether oxygens (including phenoxy) is 1. The van der Waals surface area contributed by atoms with Crippen molar-refractivity contribution in [1.29, 1.82) is 0 Å². The molecule has 0 saturated carbocycles. The molecule has 0 radical (unpaired) electrons. The molecular weight excluding hydrogens is 300 g/mol. The maximum absolute atomic E-state index is 5.29. The number of methoxy groups -OCH3 is 1. The Balaban J connectivity index is 1.98. The van der Waals surface area contributed by atoms with Crippen molar-refractivity contribution in [1.82, 2.24) is 0 Å². The lowest BCUT2D eigenvalue weighted by atomic mass is 10.1. The first-order valence-corrected chi connectivity index (χ1v) is 8.84. The molecule has 4 aromatic rings. The van der Waals surface area contributed by atoms with Crippen LogP contribution in [-0.4, -0.2) is 7.11 Å². The van der Waals surface area contributed by atoms with Gasteiger partial charge in [0.05, 0.1) is 7.11 Å². The summed E-state index contributed by atoms with van der Waals surface area (Å²) in [6.07, 6.45) is 0. The topological polar surface area (TPSA) is 9.23 Å². The van der Waals surface area contributed by atoms with Gasteiger partial charge in [0.2, 0.25) is 0 Å². The molecule has 1 aromatic heterocycles. The zero-order valence-corrected chi connectivity index (χ0v) is 13.7. The van der Waals surface area contributed by atoms with Gasteiger partial charge in [0.1, 0.15) is 5.75 Å². The number of benzene rings is 3. The second kappa shape index (κ2) is 5.90. The van der Waals surface area contributed by atoms with Gasteiger partial charge < -0.3 is 4.74 Å². The van der Waals surface area contributed by atoms with E-state index < -0.39 is 0 Å². The van der Waals surface area contributed by atoms with Gasteiger partial charge in [-0.05, 0) is 48.5 Å². The van der Waals surface area contributed by atoms with Crippen LogP contribution >= 0.6 is 10.5 Å². The molecule has 23 heavy (non-hydrogen) atoms. The van der Waals surface area contributed by atoms with Gasteiger partial charge in [-0.1, -0.05) is 30.3 Å². The highest BCUT2D eigenvalue weighted by molar-refractivity contribution is 7.47. The normalized spacial score (nSPS) is 11.6. The summed E-state index contributed by atoms with van der Waals surface area (Å²) in [7, 11) is 1.66. The lowest BCUT2D eigenvalue weighted by molar-refractivity contribution is 0.415. The molecule has 1 unspecified atom stereocenters. The molecule has 3 aromatic carbocycles. The fourth-order valence-electron chi connectivity index (χ4n) is 2.87. The van der Waals surface area contributed by atoms with E-state index in [4.69, 9.17) is 4.74 Å². The fraction of sp³-hybridized carbons (Fsp3) is 0.0476. The molecule has 1 heterocycles. The Labute approximate surface area is 138 Å². The second-order valence-corrected chi connectivity index (χ2v) is 7.36. The van der Waals surface area contributed by atoms with Gasteiger partial charge in [-0.2, -0.15) is 0 Å². The predicted molar refractivity (Wildman–Crippen MR) is 99.8 cm³/mol. The predicted octanol–water partition coefficient (Wildman–Crippen LogP) is 6.25. The van der Waals surface area contributed by atoms with E-state index in [9.17, 15) is 0 Å². The number of hydrogen-bond donors (Lipinski definition) is 0. The SMILES string of the molecule is COc1ccc(-c2cc3ccccc3[s+]2-c2ccccc2)cc1. The minimum Gasteiger partial charge on any atom is -0.497 e. The van der Waals surface area contributed by atoms with Crippen molar-refractivity contribution in [3.05, 3.63) is 84.9 Å². The number of rotatable bonds is 3. The summed E-state index contributed by atoms with van der Waals surface area (Å²) in [6.45, 7) is 0. The van der Waals surface area contributed by atoms with Crippen LogP contribution in [0.1, 0.15) is 0 Å². The van der Waals surface area contributed by atoms with E-state index >= 15 is 0 Å². The molecule has 1 atom stereocenters. The minimum absolute atomic E-state index is 0.0427. The molecule has 4 rings (SSSR count). The molecule has 0 amide bonds. The molecule has 0 aliphatic rings. The fourth-order valence-corrected chi connectivity index (χ4v) is 5.24. The van der Waals surface area contributed by atoms with E-state index in [2.05, 4.69) is 72.8 Å². The van der Waals surface area contributed by atoms with Crippen LogP contribution < -0.4 is 4.74 Å². The Morgan fingerprint density at radius 3 is 2.17 bits per heavy atom. The first-order valence-electron chi connectivity index (χ1n) is 7.61. The van der Waals surface area contributed by atoms with E-state index in [-0.39, 0.29) is 10.5 Å². The van der Waals surface area contributed by atoms with Crippen molar-refractivity contribution in [3.8, 4) is 21.1 Å². The third-order valence-corrected chi connectivity index (χ3v) is 6.35. The first kappa shape index (κ1) is 14.0. The molecule has 0 saturated heterocycles. The maximum Gasteiger partial charge on any atom is 0.187 e. The standard InChI is InChI=1S/C21H17OS/c1-22-18-13-11-16(12-14-18)21-15-17-7-5-6-10-20(17)23(21)19-8-3-2-4-9-19/h2-15H,1H3/q+1. The Morgan fingerprint density at radius 2 is 1.43 bits per heavy atom. The van der Waals surface area contributed by atoms with Gasteiger partial charge >= 0.3 is 0 Å². The highest BCUT2D eigenvalue weighted by atomic mass is 32.2. The molecule has 0 aliphatic carbocycles. The molecule has 1 nitrogen and oxygen atoms in total. The number of hydrogen-bond acceptors (Lipinski definition) is 1. The van der Waals surface area contributed by atoms with Gasteiger partial charge in [-0.25, -0.2) is 0 Å². The van der Waals surface area contributed by atoms with Crippen LogP contribution in [0.15, 0.2) is 84.9 Å². The van der Waals surface area contributed by atoms with Crippen LogP contribution in [0.3, 0.4) is 0 Å². The molecule has 0 bridgehead atoms. The summed E-state index contributed by atoms with van der Waals surface area (Å²) in [5.41, 5.74) is 1.26. The largest absolute Gasteiger partial charge is 0.497 e.